The van der Waals surface area contributed by atoms with E-state index in [1.807, 2.05) is 6.92 Å². The highest BCUT2D eigenvalue weighted by Gasteiger charge is 2.40. The van der Waals surface area contributed by atoms with E-state index in [9.17, 15) is 13.2 Å². The number of hydrogen-bond acceptors (Lipinski definition) is 4. The average Bonchev–Trinajstić information content (AvgIpc) is 3.15. The number of para-hydroxylation sites is 2. The maximum Gasteiger partial charge on any atom is 0.241 e. The molecule has 3 rings (SSSR count). The van der Waals surface area contributed by atoms with Gasteiger partial charge in [0.05, 0.1) is 18.6 Å². The van der Waals surface area contributed by atoms with E-state index in [-0.39, 0.29) is 18.5 Å². The summed E-state index contributed by atoms with van der Waals surface area (Å²) in [6.45, 7) is 2.03. The van der Waals surface area contributed by atoms with Gasteiger partial charge in [0, 0.05) is 6.04 Å². The van der Waals surface area contributed by atoms with Gasteiger partial charge in [-0.2, -0.15) is 0 Å². The highest BCUT2D eigenvalue weighted by Crippen LogP contribution is 2.44. The third-order valence-corrected chi connectivity index (χ3v) is 6.33. The monoisotopic (exact) mass is 366 g/mol. The Kier molecular flexibility index (Phi) is 5.22. The molecule has 0 saturated heterocycles. The SMILES string of the molecule is CCOc1ccccc1N(CC(=O)N[C@H]1C[C@@H]2CC[C@@H]1C2)S(C)(=O)=O. The normalized spacial score (nSPS) is 25.0. The first-order valence-electron chi connectivity index (χ1n) is 8.87. The molecule has 6 nitrogen and oxygen atoms in total. The summed E-state index contributed by atoms with van der Waals surface area (Å²) in [4.78, 5) is 12.5. The van der Waals surface area contributed by atoms with Gasteiger partial charge in [0.25, 0.3) is 0 Å². The van der Waals surface area contributed by atoms with E-state index in [4.69, 9.17) is 4.74 Å². The molecule has 2 aliphatic rings. The van der Waals surface area contributed by atoms with E-state index >= 15 is 0 Å². The number of hydrogen-bond donors (Lipinski definition) is 1. The molecule has 1 amide bonds. The minimum absolute atomic E-state index is 0.190. The van der Waals surface area contributed by atoms with E-state index in [0.29, 0.717) is 24.0 Å². The Morgan fingerprint density at radius 3 is 2.64 bits per heavy atom. The standard InChI is InChI=1S/C18H26N2O4S/c1-3-24-17-7-5-4-6-16(17)20(25(2,22)23)12-18(21)19-15-11-13-8-9-14(15)10-13/h4-7,13-15H,3,8-12H2,1-2H3,(H,19,21)/t13-,14-,15+/m1/s1. The quantitative estimate of drug-likeness (QED) is 0.802. The number of ether oxygens (including phenoxy) is 1. The summed E-state index contributed by atoms with van der Waals surface area (Å²) in [7, 11) is -3.61. The number of fused-ring (bicyclic) bond motifs is 2. The minimum Gasteiger partial charge on any atom is -0.492 e. The second kappa shape index (κ2) is 7.23. The van der Waals surface area contributed by atoms with E-state index in [1.54, 1.807) is 24.3 Å². The maximum absolute atomic E-state index is 12.5. The van der Waals surface area contributed by atoms with Crippen molar-refractivity contribution in [1.82, 2.24) is 5.32 Å². The molecule has 0 aromatic heterocycles. The second-order valence-electron chi connectivity index (χ2n) is 7.02. The molecule has 3 atom stereocenters. The molecule has 0 radical (unpaired) electrons. The largest absolute Gasteiger partial charge is 0.492 e. The Morgan fingerprint density at radius 2 is 2.04 bits per heavy atom. The van der Waals surface area contributed by atoms with Crippen LogP contribution in [0.3, 0.4) is 0 Å². The molecular weight excluding hydrogens is 340 g/mol. The lowest BCUT2D eigenvalue weighted by atomic mass is 9.95. The lowest BCUT2D eigenvalue weighted by molar-refractivity contribution is -0.120. The van der Waals surface area contributed by atoms with Crippen molar-refractivity contribution in [2.45, 2.75) is 38.6 Å². The molecule has 1 aromatic carbocycles. The number of nitrogens with zero attached hydrogens (tertiary/aromatic N) is 1. The molecule has 2 bridgehead atoms. The number of anilines is 1. The van der Waals surface area contributed by atoms with Gasteiger partial charge in [-0.25, -0.2) is 8.42 Å². The number of rotatable bonds is 7. The van der Waals surface area contributed by atoms with Crippen molar-refractivity contribution in [2.24, 2.45) is 11.8 Å². The molecule has 0 unspecified atom stereocenters. The number of nitrogens with one attached hydrogen (secondary N) is 1. The molecule has 1 N–H and O–H groups in total. The van der Waals surface area contributed by atoms with E-state index in [2.05, 4.69) is 5.32 Å². The van der Waals surface area contributed by atoms with Crippen LogP contribution in [0.5, 0.6) is 5.75 Å². The number of sulfonamides is 1. The van der Waals surface area contributed by atoms with Crippen LogP contribution in [0.1, 0.15) is 32.6 Å². The first-order valence-corrected chi connectivity index (χ1v) is 10.7. The molecule has 2 saturated carbocycles. The third kappa shape index (κ3) is 4.08. The lowest BCUT2D eigenvalue weighted by Crippen LogP contribution is -2.45. The van der Waals surface area contributed by atoms with Gasteiger partial charge < -0.3 is 10.1 Å². The highest BCUT2D eigenvalue weighted by atomic mass is 32.2. The van der Waals surface area contributed by atoms with E-state index in [0.717, 1.165) is 22.9 Å². The molecule has 25 heavy (non-hydrogen) atoms. The van der Waals surface area contributed by atoms with Crippen molar-refractivity contribution in [1.29, 1.82) is 0 Å². The second-order valence-corrected chi connectivity index (χ2v) is 8.93. The zero-order chi connectivity index (χ0) is 18.0. The summed E-state index contributed by atoms with van der Waals surface area (Å²) in [5, 5.41) is 3.05. The zero-order valence-corrected chi connectivity index (χ0v) is 15.6. The summed E-state index contributed by atoms with van der Waals surface area (Å²) >= 11 is 0. The number of carbonyl (C=O) groups is 1. The summed E-state index contributed by atoms with van der Waals surface area (Å²) < 4.78 is 31.2. The number of carbonyl (C=O) groups excluding carboxylic acids is 1. The van der Waals surface area contributed by atoms with Gasteiger partial charge in [0.2, 0.25) is 15.9 Å². The Morgan fingerprint density at radius 1 is 1.28 bits per heavy atom. The zero-order valence-electron chi connectivity index (χ0n) is 14.8. The van der Waals surface area contributed by atoms with Crippen molar-refractivity contribution < 1.29 is 17.9 Å². The predicted molar refractivity (Wildman–Crippen MR) is 97.2 cm³/mol. The number of amides is 1. The molecule has 138 valence electrons. The molecule has 1 aromatic rings. The van der Waals surface area contributed by atoms with Crippen LogP contribution in [0.15, 0.2) is 24.3 Å². The van der Waals surface area contributed by atoms with Gasteiger partial charge in [-0.05, 0) is 50.2 Å². The Labute approximate surface area is 149 Å². The maximum atomic E-state index is 12.5. The summed E-state index contributed by atoms with van der Waals surface area (Å²) in [6, 6.07) is 7.09. The van der Waals surface area contributed by atoms with Crippen LogP contribution in [0, 0.1) is 11.8 Å². The van der Waals surface area contributed by atoms with Crippen molar-refractivity contribution >= 4 is 21.6 Å². The minimum atomic E-state index is -3.61. The summed E-state index contributed by atoms with van der Waals surface area (Å²) in [6.07, 6.45) is 5.74. The van der Waals surface area contributed by atoms with Crippen LogP contribution in [-0.4, -0.2) is 39.8 Å². The van der Waals surface area contributed by atoms with Crippen molar-refractivity contribution in [3.05, 3.63) is 24.3 Å². The summed E-state index contributed by atoms with van der Waals surface area (Å²) in [5.74, 6) is 1.48. The Hall–Kier alpha value is -1.76. The van der Waals surface area contributed by atoms with Crippen molar-refractivity contribution in [3.63, 3.8) is 0 Å². The molecular formula is C18H26N2O4S. The molecule has 7 heteroatoms. The van der Waals surface area contributed by atoms with Gasteiger partial charge in [0.15, 0.2) is 0 Å². The topological polar surface area (TPSA) is 75.7 Å². The fourth-order valence-corrected chi connectivity index (χ4v) is 4.99. The third-order valence-electron chi connectivity index (χ3n) is 5.21. The molecule has 0 spiro atoms. The van der Waals surface area contributed by atoms with Gasteiger partial charge in [0.1, 0.15) is 12.3 Å². The molecule has 2 aliphatic carbocycles. The first-order chi connectivity index (χ1) is 11.9. The molecule has 0 aliphatic heterocycles. The highest BCUT2D eigenvalue weighted by molar-refractivity contribution is 7.92. The smallest absolute Gasteiger partial charge is 0.241 e. The number of benzene rings is 1. The van der Waals surface area contributed by atoms with Crippen LogP contribution >= 0.6 is 0 Å². The van der Waals surface area contributed by atoms with Gasteiger partial charge in [-0.1, -0.05) is 18.6 Å². The van der Waals surface area contributed by atoms with Crippen LogP contribution in [0.2, 0.25) is 0 Å². The van der Waals surface area contributed by atoms with Crippen molar-refractivity contribution in [3.8, 4) is 5.75 Å². The predicted octanol–water partition coefficient (Wildman–Crippen LogP) is 2.16. The Bertz CT molecular complexity index is 734. The van der Waals surface area contributed by atoms with Crippen LogP contribution in [0.4, 0.5) is 5.69 Å². The van der Waals surface area contributed by atoms with E-state index < -0.39 is 10.0 Å². The van der Waals surface area contributed by atoms with Crippen molar-refractivity contribution in [2.75, 3.05) is 23.7 Å². The lowest BCUT2D eigenvalue weighted by Gasteiger charge is -2.27. The first kappa shape index (κ1) is 18.0. The van der Waals surface area contributed by atoms with Crippen LogP contribution in [-0.2, 0) is 14.8 Å². The molecule has 0 heterocycles. The van der Waals surface area contributed by atoms with E-state index in [1.165, 1.54) is 19.3 Å². The fraction of sp³-hybridized carbons (Fsp3) is 0.611. The van der Waals surface area contributed by atoms with Crippen LogP contribution in [0.25, 0.3) is 0 Å². The Balaban J connectivity index is 1.75. The summed E-state index contributed by atoms with van der Waals surface area (Å²) in [5.41, 5.74) is 0.398. The van der Waals surface area contributed by atoms with Gasteiger partial charge in [-0.15, -0.1) is 0 Å². The fourth-order valence-electron chi connectivity index (χ4n) is 4.13. The average molecular weight is 366 g/mol. The van der Waals surface area contributed by atoms with Gasteiger partial charge in [-0.3, -0.25) is 9.10 Å². The van der Waals surface area contributed by atoms with Gasteiger partial charge >= 0.3 is 0 Å². The molecule has 2 fully saturated rings. The van der Waals surface area contributed by atoms with Crippen LogP contribution < -0.4 is 14.4 Å².